The molecule has 0 aliphatic heterocycles. The molecule has 0 aliphatic carbocycles. The largest absolute Gasteiger partial charge is 0.394 e. The summed E-state index contributed by atoms with van der Waals surface area (Å²) in [6, 6.07) is 0.660. The van der Waals surface area contributed by atoms with E-state index in [9.17, 15) is 19.1 Å². The molecular weight excluding hydrogens is 357 g/mol. The van der Waals surface area contributed by atoms with Gasteiger partial charge in [0.25, 0.3) is 5.56 Å². The van der Waals surface area contributed by atoms with Gasteiger partial charge in [0.05, 0.1) is 18.1 Å². The van der Waals surface area contributed by atoms with Crippen molar-refractivity contribution in [3.05, 3.63) is 32.7 Å². The predicted octanol–water partition coefficient (Wildman–Crippen LogP) is 0.198. The summed E-state index contributed by atoms with van der Waals surface area (Å²) in [7, 11) is 1.48. The lowest BCUT2D eigenvalue weighted by Gasteiger charge is -2.23. The number of nitrogens with zero attached hydrogens (tertiary/aromatic N) is 4. The summed E-state index contributed by atoms with van der Waals surface area (Å²) in [5.74, 6) is 4.58. The highest BCUT2D eigenvalue weighted by atomic mass is 19.1. The van der Waals surface area contributed by atoms with Crippen LogP contribution in [0.25, 0.3) is 11.0 Å². The van der Waals surface area contributed by atoms with Crippen molar-refractivity contribution in [3.63, 3.8) is 0 Å². The molecule has 9 nitrogen and oxygen atoms in total. The van der Waals surface area contributed by atoms with Crippen LogP contribution in [0.2, 0.25) is 0 Å². The summed E-state index contributed by atoms with van der Waals surface area (Å²) >= 11 is 0. The molecule has 0 fully saturated rings. The number of halogens is 1. The van der Waals surface area contributed by atoms with Gasteiger partial charge in [0.1, 0.15) is 0 Å². The van der Waals surface area contributed by atoms with Gasteiger partial charge in [-0.25, -0.2) is 14.2 Å². The van der Waals surface area contributed by atoms with Crippen molar-refractivity contribution in [1.82, 2.24) is 14.2 Å². The van der Waals surface area contributed by atoms with Crippen LogP contribution in [0.3, 0.4) is 0 Å². The Labute approximate surface area is 156 Å². The fourth-order valence-corrected chi connectivity index (χ4v) is 2.54. The number of fused-ring (bicyclic) bond motifs is 1. The number of hydrogen-bond acceptors (Lipinski definition) is 7. The minimum atomic E-state index is -1.09. The Bertz CT molecular complexity index is 895. The van der Waals surface area contributed by atoms with Gasteiger partial charge in [-0.2, -0.15) is 4.68 Å². The van der Waals surface area contributed by atoms with Crippen LogP contribution in [0.4, 0.5) is 10.2 Å². The van der Waals surface area contributed by atoms with Crippen LogP contribution in [0.15, 0.2) is 15.7 Å². The maximum Gasteiger partial charge on any atom is 0.351 e. The van der Waals surface area contributed by atoms with Gasteiger partial charge in [0.15, 0.2) is 17.3 Å². The number of nitrogens with two attached hydrogens (primary N) is 1. The number of rotatable bonds is 6. The van der Waals surface area contributed by atoms with Crippen molar-refractivity contribution in [2.45, 2.75) is 46.3 Å². The second-order valence-electron chi connectivity index (χ2n) is 5.97. The summed E-state index contributed by atoms with van der Waals surface area (Å²) < 4.78 is 16.1. The van der Waals surface area contributed by atoms with E-state index < -0.39 is 29.8 Å². The molecule has 0 aliphatic rings. The normalized spacial score (nSPS) is 13.0. The highest BCUT2D eigenvalue weighted by Crippen LogP contribution is 2.21. The summed E-state index contributed by atoms with van der Waals surface area (Å²) in [5.41, 5.74) is -1.56. The van der Waals surface area contributed by atoms with Crippen molar-refractivity contribution in [1.29, 1.82) is 0 Å². The lowest BCUT2D eigenvalue weighted by molar-refractivity contribution is 0.101. The average molecular weight is 385 g/mol. The van der Waals surface area contributed by atoms with Crippen LogP contribution in [0.1, 0.15) is 40.2 Å². The van der Waals surface area contributed by atoms with Crippen molar-refractivity contribution >= 4 is 16.9 Å². The van der Waals surface area contributed by atoms with Crippen molar-refractivity contribution < 1.29 is 14.6 Å². The van der Waals surface area contributed by atoms with Crippen LogP contribution < -0.4 is 22.0 Å². The molecule has 2 aromatic heterocycles. The van der Waals surface area contributed by atoms with E-state index >= 15 is 0 Å². The molecule has 0 saturated carbocycles. The number of likely N-dealkylation sites (N-methyl/N-ethyl adjacent to an activating group) is 1. The molecule has 2 rings (SSSR count). The molecule has 0 bridgehead atoms. The fourth-order valence-electron chi connectivity index (χ4n) is 2.54. The zero-order chi connectivity index (χ0) is 20.9. The van der Waals surface area contributed by atoms with Gasteiger partial charge in [0.2, 0.25) is 0 Å². The smallest absolute Gasteiger partial charge is 0.351 e. The van der Waals surface area contributed by atoms with Crippen LogP contribution in [-0.2, 0) is 0 Å². The molecule has 10 heteroatoms. The molecule has 4 N–H and O–H groups in total. The number of nitrogen functional groups attached to an aromatic ring is 1. The minimum Gasteiger partial charge on any atom is -0.394 e. The molecule has 2 atom stereocenters. The Morgan fingerprint density at radius 3 is 2.48 bits per heavy atom. The van der Waals surface area contributed by atoms with E-state index in [1.165, 1.54) is 16.5 Å². The second-order valence-corrected chi connectivity index (χ2v) is 5.97. The molecule has 0 saturated heterocycles. The molecule has 0 aromatic carbocycles. The van der Waals surface area contributed by atoms with Gasteiger partial charge in [-0.05, 0) is 19.4 Å². The van der Waals surface area contributed by atoms with E-state index in [4.69, 9.17) is 10.9 Å². The van der Waals surface area contributed by atoms with Crippen LogP contribution in [0.5, 0.6) is 0 Å². The number of aliphatic hydroxyl groups is 2. The molecular formula is C17H28FN5O4. The van der Waals surface area contributed by atoms with E-state index in [1.54, 1.807) is 6.92 Å². The molecule has 2 aromatic rings. The summed E-state index contributed by atoms with van der Waals surface area (Å²) in [6.07, 6.45) is -0.517. The first-order valence-electron chi connectivity index (χ1n) is 8.85. The van der Waals surface area contributed by atoms with Gasteiger partial charge in [-0.3, -0.25) is 9.36 Å². The first-order valence-corrected chi connectivity index (χ1v) is 8.85. The van der Waals surface area contributed by atoms with Crippen molar-refractivity contribution in [2.24, 2.45) is 0 Å². The topological polar surface area (TPSA) is 127 Å². The standard InChI is InChI=1S/C15H22FN5O4.C2H6/c1-4-8(2)20-12-10(14(24)21(17)15(20)25)5-11(16)13(18-12)19(3)6-9(23)7-22;1-2/h5,8-9,22-23H,4,6-7,17H2,1-3H3;1-2H3/t8?,9-;/m1./s1. The van der Waals surface area contributed by atoms with Crippen LogP contribution in [0, 0.1) is 5.82 Å². The summed E-state index contributed by atoms with van der Waals surface area (Å²) in [6.45, 7) is 7.04. The van der Waals surface area contributed by atoms with Crippen molar-refractivity contribution in [2.75, 3.05) is 30.9 Å². The van der Waals surface area contributed by atoms with Crippen LogP contribution >= 0.6 is 0 Å². The summed E-state index contributed by atoms with van der Waals surface area (Å²) in [4.78, 5) is 30.0. The highest BCUT2D eigenvalue weighted by Gasteiger charge is 2.21. The third-order valence-corrected chi connectivity index (χ3v) is 4.12. The summed E-state index contributed by atoms with van der Waals surface area (Å²) in [5, 5.41) is 18.4. The molecule has 0 spiro atoms. The zero-order valence-electron chi connectivity index (χ0n) is 16.3. The molecule has 0 radical (unpaired) electrons. The first-order chi connectivity index (χ1) is 12.7. The van der Waals surface area contributed by atoms with Gasteiger partial charge in [-0.1, -0.05) is 20.8 Å². The third kappa shape index (κ3) is 4.45. The number of anilines is 1. The highest BCUT2D eigenvalue weighted by molar-refractivity contribution is 5.76. The van der Waals surface area contributed by atoms with Gasteiger partial charge in [-0.15, -0.1) is 0 Å². The number of aromatic nitrogens is 3. The zero-order valence-corrected chi connectivity index (χ0v) is 16.3. The predicted molar refractivity (Wildman–Crippen MR) is 103 cm³/mol. The Morgan fingerprint density at radius 1 is 1.37 bits per heavy atom. The van der Waals surface area contributed by atoms with Crippen molar-refractivity contribution in [3.8, 4) is 0 Å². The average Bonchev–Trinajstić information content (AvgIpc) is 2.67. The minimum absolute atomic E-state index is 0.0211. The second kappa shape index (κ2) is 9.47. The Kier molecular flexibility index (Phi) is 7.92. The third-order valence-electron chi connectivity index (χ3n) is 4.12. The quantitative estimate of drug-likeness (QED) is 0.606. The molecule has 2 heterocycles. The van der Waals surface area contributed by atoms with Gasteiger partial charge >= 0.3 is 5.69 Å². The van der Waals surface area contributed by atoms with Gasteiger partial charge < -0.3 is 21.0 Å². The molecule has 27 heavy (non-hydrogen) atoms. The first kappa shape index (κ1) is 22.6. The maximum absolute atomic E-state index is 14.4. The monoisotopic (exact) mass is 385 g/mol. The SMILES string of the molecule is CC.CCC(C)n1c(=O)n(N)c(=O)c2cc(F)c(N(C)C[C@@H](O)CO)nc21. The Balaban J connectivity index is 0.00000176. The van der Waals surface area contributed by atoms with E-state index in [0.717, 1.165) is 6.07 Å². The number of pyridine rings is 1. The molecule has 152 valence electrons. The van der Waals surface area contributed by atoms with E-state index in [1.807, 2.05) is 20.8 Å². The Hall–Kier alpha value is -2.46. The lowest BCUT2D eigenvalue weighted by Crippen LogP contribution is -2.45. The molecule has 1 unspecified atom stereocenters. The van der Waals surface area contributed by atoms with Crippen LogP contribution in [-0.4, -0.2) is 50.7 Å². The fraction of sp³-hybridized carbons (Fsp3) is 0.588. The van der Waals surface area contributed by atoms with E-state index in [0.29, 0.717) is 11.1 Å². The van der Waals surface area contributed by atoms with E-state index in [2.05, 4.69) is 4.98 Å². The van der Waals surface area contributed by atoms with E-state index in [-0.39, 0.29) is 29.4 Å². The van der Waals surface area contributed by atoms with Gasteiger partial charge in [0, 0.05) is 19.6 Å². The molecule has 0 amide bonds. The number of aliphatic hydroxyl groups excluding tert-OH is 2. The Morgan fingerprint density at radius 2 is 1.96 bits per heavy atom. The maximum atomic E-state index is 14.4. The number of hydrogen-bond donors (Lipinski definition) is 3. The lowest BCUT2D eigenvalue weighted by atomic mass is 10.2.